The zero-order valence-corrected chi connectivity index (χ0v) is 8.99. The van der Waals surface area contributed by atoms with E-state index >= 15 is 0 Å². The molecule has 0 aliphatic carbocycles. The quantitative estimate of drug-likeness (QED) is 0.633. The van der Waals surface area contributed by atoms with Crippen molar-refractivity contribution in [1.82, 2.24) is 0 Å². The van der Waals surface area contributed by atoms with Gasteiger partial charge in [-0.25, -0.2) is 8.42 Å². The molecule has 0 aromatic rings. The molecule has 0 atom stereocenters. The zero-order chi connectivity index (χ0) is 9.61. The summed E-state index contributed by atoms with van der Waals surface area (Å²) in [5, 5.41) is 0. The van der Waals surface area contributed by atoms with Gasteiger partial charge in [-0.15, -0.1) is 0 Å². The maximum atomic E-state index is 10.5. The summed E-state index contributed by atoms with van der Waals surface area (Å²) >= 11 is 0. The van der Waals surface area contributed by atoms with Crippen LogP contribution in [0.15, 0.2) is 0 Å². The lowest BCUT2D eigenvalue weighted by atomic mass is 10.2. The molecule has 0 spiro atoms. The summed E-state index contributed by atoms with van der Waals surface area (Å²) in [6.07, 6.45) is 1.96. The summed E-state index contributed by atoms with van der Waals surface area (Å²) in [6, 6.07) is 0. The van der Waals surface area contributed by atoms with Crippen LogP contribution in [0.2, 0.25) is 0 Å². The Morgan fingerprint density at radius 1 is 1.33 bits per heavy atom. The second kappa shape index (κ2) is 5.78. The third-order valence-electron chi connectivity index (χ3n) is 1.59. The Morgan fingerprint density at radius 2 is 1.83 bits per heavy atom. The van der Waals surface area contributed by atoms with E-state index in [1.807, 2.05) is 13.8 Å². The average Bonchev–Trinajstić information content (AvgIpc) is 1.96. The summed E-state index contributed by atoms with van der Waals surface area (Å²) in [5.74, 6) is -0.106. The molecule has 0 rings (SSSR count). The van der Waals surface area contributed by atoms with E-state index in [1.165, 1.54) is 0 Å². The van der Waals surface area contributed by atoms with Crippen LogP contribution in [0.1, 0.15) is 26.7 Å². The highest BCUT2D eigenvalue weighted by molar-refractivity contribution is 8.13. The van der Waals surface area contributed by atoms with Crippen LogP contribution in [0.5, 0.6) is 0 Å². The first-order valence-corrected chi connectivity index (χ1v) is 6.51. The van der Waals surface area contributed by atoms with Gasteiger partial charge in [0.1, 0.15) is 0 Å². The van der Waals surface area contributed by atoms with Crippen LogP contribution in [-0.4, -0.2) is 26.9 Å². The predicted octanol–water partition coefficient (Wildman–Crippen LogP) is 1.76. The second-order valence-corrected chi connectivity index (χ2v) is 5.45. The molecule has 0 saturated carbocycles. The minimum Gasteiger partial charge on any atom is -0.377 e. The lowest BCUT2D eigenvalue weighted by Gasteiger charge is -2.12. The van der Waals surface area contributed by atoms with E-state index in [0.29, 0.717) is 0 Å². The van der Waals surface area contributed by atoms with Crippen LogP contribution in [0.25, 0.3) is 0 Å². The smallest absolute Gasteiger partial charge is 0.234 e. The third-order valence-corrected chi connectivity index (χ3v) is 2.71. The normalized spacial score (nSPS) is 12.3. The Balaban J connectivity index is 3.55. The monoisotopic (exact) mass is 214 g/mol. The highest BCUT2D eigenvalue weighted by Gasteiger charge is 2.07. The maximum Gasteiger partial charge on any atom is 0.234 e. The summed E-state index contributed by atoms with van der Waals surface area (Å²) in [6.45, 7) is 4.20. The topological polar surface area (TPSA) is 43.4 Å². The molecule has 0 aromatic heterocycles. The predicted molar refractivity (Wildman–Crippen MR) is 50.0 cm³/mol. The maximum absolute atomic E-state index is 10.5. The molecule has 5 heteroatoms. The van der Waals surface area contributed by atoms with Gasteiger partial charge in [0.25, 0.3) is 0 Å². The molecule has 0 fully saturated rings. The summed E-state index contributed by atoms with van der Waals surface area (Å²) in [5.41, 5.74) is 0. The number of hydrogen-bond donors (Lipinski definition) is 0. The molecule has 3 nitrogen and oxygen atoms in total. The molecule has 0 aliphatic rings. The van der Waals surface area contributed by atoms with Crippen LogP contribution in [0.3, 0.4) is 0 Å². The fraction of sp³-hybridized carbons (Fsp3) is 1.00. The minimum atomic E-state index is -3.39. The van der Waals surface area contributed by atoms with Gasteiger partial charge in [-0.1, -0.05) is 13.8 Å². The van der Waals surface area contributed by atoms with Gasteiger partial charge < -0.3 is 4.74 Å². The van der Waals surface area contributed by atoms with Gasteiger partial charge in [0.15, 0.2) is 0 Å². The molecule has 12 heavy (non-hydrogen) atoms. The SMILES string of the molecule is CCC(CC)OCCS(=O)(=O)Cl. The molecule has 0 radical (unpaired) electrons. The number of ether oxygens (including phenoxy) is 1. The Hall–Kier alpha value is 0.200. The van der Waals surface area contributed by atoms with Crippen molar-refractivity contribution in [2.24, 2.45) is 0 Å². The van der Waals surface area contributed by atoms with Crippen molar-refractivity contribution in [3.05, 3.63) is 0 Å². The van der Waals surface area contributed by atoms with Crippen molar-refractivity contribution < 1.29 is 13.2 Å². The highest BCUT2D eigenvalue weighted by Crippen LogP contribution is 2.04. The Morgan fingerprint density at radius 3 is 2.17 bits per heavy atom. The van der Waals surface area contributed by atoms with Gasteiger partial charge in [0.2, 0.25) is 9.05 Å². The van der Waals surface area contributed by atoms with Crippen molar-refractivity contribution in [3.63, 3.8) is 0 Å². The molecular weight excluding hydrogens is 200 g/mol. The van der Waals surface area contributed by atoms with Crippen LogP contribution in [-0.2, 0) is 13.8 Å². The van der Waals surface area contributed by atoms with Crippen molar-refractivity contribution in [2.45, 2.75) is 32.8 Å². The summed E-state index contributed by atoms with van der Waals surface area (Å²) in [4.78, 5) is 0. The summed E-state index contributed by atoms with van der Waals surface area (Å²) < 4.78 is 26.2. The fourth-order valence-corrected chi connectivity index (χ4v) is 1.32. The van der Waals surface area contributed by atoms with Gasteiger partial charge in [0, 0.05) is 10.7 Å². The van der Waals surface area contributed by atoms with Crippen molar-refractivity contribution in [3.8, 4) is 0 Å². The van der Waals surface area contributed by atoms with Crippen LogP contribution >= 0.6 is 10.7 Å². The first-order chi connectivity index (χ1) is 5.49. The van der Waals surface area contributed by atoms with Crippen molar-refractivity contribution >= 4 is 19.7 Å². The second-order valence-electron chi connectivity index (χ2n) is 2.55. The zero-order valence-electron chi connectivity index (χ0n) is 7.42. The minimum absolute atomic E-state index is 0.106. The van der Waals surface area contributed by atoms with Gasteiger partial charge in [-0.2, -0.15) is 0 Å². The van der Waals surface area contributed by atoms with Crippen molar-refractivity contribution in [1.29, 1.82) is 0 Å². The summed E-state index contributed by atoms with van der Waals surface area (Å²) in [7, 11) is 1.61. The molecule has 0 saturated heterocycles. The molecule has 0 heterocycles. The van der Waals surface area contributed by atoms with E-state index in [1.54, 1.807) is 0 Å². The van der Waals surface area contributed by atoms with E-state index < -0.39 is 9.05 Å². The average molecular weight is 215 g/mol. The number of rotatable bonds is 6. The largest absolute Gasteiger partial charge is 0.377 e. The van der Waals surface area contributed by atoms with Gasteiger partial charge in [0.05, 0.1) is 18.5 Å². The molecule has 0 bridgehead atoms. The number of hydrogen-bond acceptors (Lipinski definition) is 3. The highest BCUT2D eigenvalue weighted by atomic mass is 35.7. The lowest BCUT2D eigenvalue weighted by Crippen LogP contribution is -2.15. The van der Waals surface area contributed by atoms with Crippen molar-refractivity contribution in [2.75, 3.05) is 12.4 Å². The van der Waals surface area contributed by atoms with E-state index in [-0.39, 0.29) is 18.5 Å². The van der Waals surface area contributed by atoms with E-state index in [0.717, 1.165) is 12.8 Å². The molecule has 0 aliphatic heterocycles. The number of halogens is 1. The van der Waals surface area contributed by atoms with Gasteiger partial charge in [-0.05, 0) is 12.8 Å². The molecule has 74 valence electrons. The first-order valence-electron chi connectivity index (χ1n) is 4.03. The lowest BCUT2D eigenvalue weighted by molar-refractivity contribution is 0.0591. The Kier molecular flexibility index (Phi) is 5.88. The van der Waals surface area contributed by atoms with E-state index in [9.17, 15) is 8.42 Å². The fourth-order valence-electron chi connectivity index (χ4n) is 0.839. The van der Waals surface area contributed by atoms with E-state index in [4.69, 9.17) is 15.4 Å². The molecular formula is C7H15ClO3S. The molecule has 0 unspecified atom stereocenters. The molecule has 0 N–H and O–H groups in total. The molecule has 0 amide bonds. The van der Waals surface area contributed by atoms with Gasteiger partial charge >= 0.3 is 0 Å². The standard InChI is InChI=1S/C7H15ClO3S/c1-3-7(4-2)11-5-6-12(8,9)10/h7H,3-6H2,1-2H3. The van der Waals surface area contributed by atoms with Crippen LogP contribution in [0.4, 0.5) is 0 Å². The Bertz CT molecular complexity index is 197. The van der Waals surface area contributed by atoms with Gasteiger partial charge in [-0.3, -0.25) is 0 Å². The van der Waals surface area contributed by atoms with Crippen LogP contribution < -0.4 is 0 Å². The molecule has 0 aromatic carbocycles. The van der Waals surface area contributed by atoms with Crippen LogP contribution in [0, 0.1) is 0 Å². The van der Waals surface area contributed by atoms with E-state index in [2.05, 4.69) is 0 Å². The Labute approximate surface area is 78.5 Å². The first kappa shape index (κ1) is 12.2. The third kappa shape index (κ3) is 6.88.